The average Bonchev–Trinajstić information content (AvgIpc) is 2.61. The van der Waals surface area contributed by atoms with Gasteiger partial charge in [0.15, 0.2) is 0 Å². The van der Waals surface area contributed by atoms with Crippen molar-refractivity contribution >= 4 is 42.1 Å². The number of para-hydroxylation sites is 1. The molecule has 1 aliphatic rings. The summed E-state index contributed by atoms with van der Waals surface area (Å²) in [7, 11) is 1.52. The summed E-state index contributed by atoms with van der Waals surface area (Å²) in [5, 5.41) is 0. The van der Waals surface area contributed by atoms with Crippen molar-refractivity contribution in [1.29, 1.82) is 0 Å². The highest BCUT2D eigenvalue weighted by Gasteiger charge is 2.24. The van der Waals surface area contributed by atoms with Gasteiger partial charge in [-0.3, -0.25) is 4.79 Å². The Morgan fingerprint density at radius 1 is 1.08 bits per heavy atom. The number of halogens is 3. The van der Waals surface area contributed by atoms with Crippen LogP contribution in [0.15, 0.2) is 42.5 Å². The fourth-order valence-electron chi connectivity index (χ4n) is 2.93. The Bertz CT molecular complexity index is 753. The van der Waals surface area contributed by atoms with E-state index in [4.69, 9.17) is 10.5 Å². The molecule has 8 heteroatoms. The van der Waals surface area contributed by atoms with Gasteiger partial charge in [0.2, 0.25) is 0 Å². The number of carbonyl (C=O) groups is 1. The van der Waals surface area contributed by atoms with Gasteiger partial charge in [-0.15, -0.1) is 24.8 Å². The summed E-state index contributed by atoms with van der Waals surface area (Å²) in [5.74, 6) is 0.116. The smallest absolute Gasteiger partial charge is 0.256 e. The van der Waals surface area contributed by atoms with Crippen molar-refractivity contribution in [2.75, 3.05) is 43.9 Å². The molecule has 3 rings (SSSR count). The molecule has 1 amide bonds. The molecule has 5 nitrogen and oxygen atoms in total. The molecule has 2 aromatic rings. The highest BCUT2D eigenvalue weighted by atomic mass is 35.5. The van der Waals surface area contributed by atoms with E-state index in [0.717, 1.165) is 5.69 Å². The predicted octanol–water partition coefficient (Wildman–Crippen LogP) is 3.22. The van der Waals surface area contributed by atoms with E-state index in [1.54, 1.807) is 23.1 Å². The maximum absolute atomic E-state index is 13.3. The molecule has 1 saturated heterocycles. The number of hydrogen-bond acceptors (Lipinski definition) is 4. The van der Waals surface area contributed by atoms with Gasteiger partial charge in [-0.1, -0.05) is 12.1 Å². The van der Waals surface area contributed by atoms with Crippen LogP contribution in [0.5, 0.6) is 5.75 Å². The van der Waals surface area contributed by atoms with Crippen LogP contribution in [-0.4, -0.2) is 44.1 Å². The number of amides is 1. The minimum atomic E-state index is -0.330. The third-order valence-electron chi connectivity index (χ3n) is 4.24. The second-order valence-corrected chi connectivity index (χ2v) is 5.68. The summed E-state index contributed by atoms with van der Waals surface area (Å²) in [6, 6.07) is 11.6. The van der Waals surface area contributed by atoms with Gasteiger partial charge < -0.3 is 20.3 Å². The lowest BCUT2D eigenvalue weighted by Gasteiger charge is -2.36. The first-order valence-electron chi connectivity index (χ1n) is 7.82. The molecule has 1 aliphatic heterocycles. The van der Waals surface area contributed by atoms with Gasteiger partial charge in [0.1, 0.15) is 11.6 Å². The molecule has 0 aromatic heterocycles. The fourth-order valence-corrected chi connectivity index (χ4v) is 2.93. The Morgan fingerprint density at radius 3 is 2.35 bits per heavy atom. The molecule has 0 atom stereocenters. The van der Waals surface area contributed by atoms with E-state index >= 15 is 0 Å². The summed E-state index contributed by atoms with van der Waals surface area (Å²) in [6.45, 7) is 2.46. The number of nitrogen functional groups attached to an aromatic ring is 1. The quantitative estimate of drug-likeness (QED) is 0.802. The number of methoxy groups -OCH3 is 1. The van der Waals surface area contributed by atoms with E-state index < -0.39 is 0 Å². The van der Waals surface area contributed by atoms with Gasteiger partial charge in [0.25, 0.3) is 5.91 Å². The predicted molar refractivity (Wildman–Crippen MR) is 106 cm³/mol. The Balaban J connectivity index is 0.00000169. The SMILES string of the molecule is COc1cc(F)ccc1N1CCN(C(=O)c2ccccc2N)CC1.Cl.Cl. The van der Waals surface area contributed by atoms with Crippen molar-refractivity contribution in [2.24, 2.45) is 0 Å². The maximum Gasteiger partial charge on any atom is 0.256 e. The highest BCUT2D eigenvalue weighted by molar-refractivity contribution is 5.99. The number of anilines is 2. The molecule has 1 fully saturated rings. The van der Waals surface area contributed by atoms with Crippen LogP contribution in [0.1, 0.15) is 10.4 Å². The van der Waals surface area contributed by atoms with Gasteiger partial charge in [0.05, 0.1) is 18.4 Å². The number of hydrogen-bond donors (Lipinski definition) is 1. The fraction of sp³-hybridized carbons (Fsp3) is 0.278. The molecule has 1 heterocycles. The van der Waals surface area contributed by atoms with Crippen LogP contribution in [-0.2, 0) is 0 Å². The van der Waals surface area contributed by atoms with Gasteiger partial charge in [-0.25, -0.2) is 4.39 Å². The third-order valence-corrected chi connectivity index (χ3v) is 4.24. The minimum absolute atomic E-state index is 0. The maximum atomic E-state index is 13.3. The number of rotatable bonds is 3. The van der Waals surface area contributed by atoms with Gasteiger partial charge in [-0.2, -0.15) is 0 Å². The zero-order valence-electron chi connectivity index (χ0n) is 14.4. The molecule has 0 unspecified atom stereocenters. The van der Waals surface area contributed by atoms with E-state index in [2.05, 4.69) is 4.90 Å². The molecule has 26 heavy (non-hydrogen) atoms. The normalized spacial score (nSPS) is 13.5. The van der Waals surface area contributed by atoms with Crippen LogP contribution in [0, 0.1) is 5.82 Å². The van der Waals surface area contributed by atoms with Crippen LogP contribution >= 0.6 is 24.8 Å². The lowest BCUT2D eigenvalue weighted by molar-refractivity contribution is 0.0748. The van der Waals surface area contributed by atoms with Gasteiger partial charge in [0, 0.05) is 37.9 Å². The summed E-state index contributed by atoms with van der Waals surface area (Å²) >= 11 is 0. The lowest BCUT2D eigenvalue weighted by atomic mass is 10.1. The van der Waals surface area contributed by atoms with Crippen molar-refractivity contribution in [3.8, 4) is 5.75 Å². The molecule has 0 spiro atoms. The molecular weight excluding hydrogens is 380 g/mol. The number of nitrogens with two attached hydrogens (primary N) is 1. The zero-order valence-corrected chi connectivity index (χ0v) is 16.0. The second-order valence-electron chi connectivity index (χ2n) is 5.68. The largest absolute Gasteiger partial charge is 0.494 e. The molecule has 2 aromatic carbocycles. The van der Waals surface area contributed by atoms with E-state index in [9.17, 15) is 9.18 Å². The van der Waals surface area contributed by atoms with Crippen LogP contribution in [0.3, 0.4) is 0 Å². The lowest BCUT2D eigenvalue weighted by Crippen LogP contribution is -2.49. The van der Waals surface area contributed by atoms with E-state index in [1.165, 1.54) is 19.2 Å². The second kappa shape index (κ2) is 9.50. The molecular formula is C18H22Cl2FN3O2. The van der Waals surface area contributed by atoms with Crippen molar-refractivity contribution in [2.45, 2.75) is 0 Å². The van der Waals surface area contributed by atoms with Crippen molar-refractivity contribution < 1.29 is 13.9 Å². The van der Waals surface area contributed by atoms with Gasteiger partial charge >= 0.3 is 0 Å². The first-order chi connectivity index (χ1) is 11.6. The Labute approximate surface area is 164 Å². The third kappa shape index (κ3) is 4.51. The number of ether oxygens (including phenoxy) is 1. The van der Waals surface area contributed by atoms with E-state index in [1.807, 2.05) is 12.1 Å². The van der Waals surface area contributed by atoms with E-state index in [0.29, 0.717) is 43.2 Å². The van der Waals surface area contributed by atoms with Crippen molar-refractivity contribution in [3.05, 3.63) is 53.8 Å². The number of nitrogens with zero attached hydrogens (tertiary/aromatic N) is 2. The Morgan fingerprint density at radius 2 is 1.73 bits per heavy atom. The topological polar surface area (TPSA) is 58.8 Å². The molecule has 0 saturated carbocycles. The summed E-state index contributed by atoms with van der Waals surface area (Å²) in [5.41, 5.74) is 7.75. The number of piperazine rings is 1. The Hall–Kier alpha value is -2.18. The molecule has 142 valence electrons. The van der Waals surface area contributed by atoms with Crippen LogP contribution in [0.25, 0.3) is 0 Å². The van der Waals surface area contributed by atoms with Crippen LogP contribution < -0.4 is 15.4 Å². The van der Waals surface area contributed by atoms with E-state index in [-0.39, 0.29) is 36.5 Å². The molecule has 0 bridgehead atoms. The van der Waals surface area contributed by atoms with Crippen LogP contribution in [0.2, 0.25) is 0 Å². The summed E-state index contributed by atoms with van der Waals surface area (Å²) in [4.78, 5) is 16.5. The highest BCUT2D eigenvalue weighted by Crippen LogP contribution is 2.30. The van der Waals surface area contributed by atoms with Crippen molar-refractivity contribution in [3.63, 3.8) is 0 Å². The number of carbonyl (C=O) groups excluding carboxylic acids is 1. The van der Waals surface area contributed by atoms with Gasteiger partial charge in [-0.05, 0) is 24.3 Å². The molecule has 2 N–H and O–H groups in total. The Kier molecular flexibility index (Phi) is 7.99. The molecule has 0 aliphatic carbocycles. The minimum Gasteiger partial charge on any atom is -0.494 e. The monoisotopic (exact) mass is 401 g/mol. The first-order valence-corrected chi connectivity index (χ1v) is 7.82. The number of benzene rings is 2. The molecule has 0 radical (unpaired) electrons. The zero-order chi connectivity index (χ0) is 17.1. The van der Waals surface area contributed by atoms with Crippen LogP contribution in [0.4, 0.5) is 15.8 Å². The first kappa shape index (κ1) is 21.9. The van der Waals surface area contributed by atoms with Crippen molar-refractivity contribution in [1.82, 2.24) is 4.90 Å². The standard InChI is InChI=1S/C18H20FN3O2.2ClH/c1-24-17-12-13(19)6-7-16(17)21-8-10-22(11-9-21)18(23)14-4-2-3-5-15(14)20;;/h2-7,12H,8-11,20H2,1H3;2*1H. The average molecular weight is 402 g/mol. The summed E-state index contributed by atoms with van der Waals surface area (Å²) in [6.07, 6.45) is 0. The summed E-state index contributed by atoms with van der Waals surface area (Å²) < 4.78 is 18.6.